The normalized spacial score (nSPS) is 14.0. The lowest BCUT2D eigenvalue weighted by Crippen LogP contribution is -2.36. The van der Waals surface area contributed by atoms with Gasteiger partial charge in [-0.3, -0.25) is 4.40 Å². The van der Waals surface area contributed by atoms with Crippen molar-refractivity contribution in [3.8, 4) is 17.1 Å². The number of ether oxygens (including phenoxy) is 2. The molecule has 0 radical (unpaired) electrons. The largest absolute Gasteiger partial charge is 0.478 e. The van der Waals surface area contributed by atoms with Gasteiger partial charge in [0.25, 0.3) is 0 Å². The van der Waals surface area contributed by atoms with Crippen molar-refractivity contribution >= 4 is 22.8 Å². The summed E-state index contributed by atoms with van der Waals surface area (Å²) >= 11 is 0. The molecule has 8 nitrogen and oxygen atoms in total. The van der Waals surface area contributed by atoms with Crippen LogP contribution in [-0.2, 0) is 4.74 Å². The van der Waals surface area contributed by atoms with E-state index in [0.29, 0.717) is 18.3 Å². The zero-order valence-corrected chi connectivity index (χ0v) is 17.4. The fourth-order valence-electron chi connectivity index (χ4n) is 3.73. The highest BCUT2D eigenvalue weighted by Gasteiger charge is 2.13. The van der Waals surface area contributed by atoms with Crippen molar-refractivity contribution in [3.05, 3.63) is 61.2 Å². The average Bonchev–Trinajstić information content (AvgIpc) is 3.31. The molecule has 4 aromatic rings. The first kappa shape index (κ1) is 19.3. The van der Waals surface area contributed by atoms with E-state index in [1.807, 2.05) is 35.9 Å². The molecule has 158 valence electrons. The van der Waals surface area contributed by atoms with Crippen molar-refractivity contribution in [2.75, 3.05) is 43.1 Å². The van der Waals surface area contributed by atoms with Crippen LogP contribution in [0.3, 0.4) is 0 Å². The van der Waals surface area contributed by atoms with Crippen LogP contribution in [0.25, 0.3) is 16.9 Å². The van der Waals surface area contributed by atoms with E-state index in [1.54, 1.807) is 12.4 Å². The molecule has 0 unspecified atom stereocenters. The number of imidazole rings is 1. The third kappa shape index (κ3) is 4.02. The summed E-state index contributed by atoms with van der Waals surface area (Å²) in [6, 6.07) is 12.2. The molecule has 1 saturated heterocycles. The van der Waals surface area contributed by atoms with Gasteiger partial charge in [0.2, 0.25) is 5.88 Å². The monoisotopic (exact) mass is 416 g/mol. The van der Waals surface area contributed by atoms with E-state index in [9.17, 15) is 0 Å². The molecule has 0 saturated carbocycles. The molecule has 1 aliphatic heterocycles. The van der Waals surface area contributed by atoms with Crippen LogP contribution in [0.15, 0.2) is 61.2 Å². The Morgan fingerprint density at radius 3 is 2.68 bits per heavy atom. The van der Waals surface area contributed by atoms with E-state index >= 15 is 0 Å². The Balaban J connectivity index is 1.41. The van der Waals surface area contributed by atoms with Gasteiger partial charge in [0.15, 0.2) is 11.5 Å². The number of aromatic nitrogens is 4. The number of nitrogens with zero attached hydrogens (tertiary/aromatic N) is 5. The summed E-state index contributed by atoms with van der Waals surface area (Å²) in [7, 11) is 0. The first-order chi connectivity index (χ1) is 15.3. The van der Waals surface area contributed by atoms with Gasteiger partial charge >= 0.3 is 0 Å². The van der Waals surface area contributed by atoms with Crippen LogP contribution in [0.1, 0.15) is 6.92 Å². The highest BCUT2D eigenvalue weighted by Crippen LogP contribution is 2.27. The van der Waals surface area contributed by atoms with Crippen LogP contribution in [0.4, 0.5) is 17.2 Å². The van der Waals surface area contributed by atoms with Crippen molar-refractivity contribution in [1.29, 1.82) is 0 Å². The molecule has 1 aromatic carbocycles. The third-order valence-electron chi connectivity index (χ3n) is 5.26. The lowest BCUT2D eigenvalue weighted by atomic mass is 10.2. The Morgan fingerprint density at radius 2 is 1.87 bits per heavy atom. The molecule has 8 heteroatoms. The molecule has 1 N–H and O–H groups in total. The first-order valence-corrected chi connectivity index (χ1v) is 10.4. The number of rotatable bonds is 6. The molecule has 1 aliphatic rings. The van der Waals surface area contributed by atoms with Gasteiger partial charge in [-0.05, 0) is 37.3 Å². The Morgan fingerprint density at radius 1 is 1.03 bits per heavy atom. The number of morpholine rings is 1. The van der Waals surface area contributed by atoms with Crippen molar-refractivity contribution < 1.29 is 9.47 Å². The minimum absolute atomic E-state index is 0.572. The predicted octanol–water partition coefficient (Wildman–Crippen LogP) is 3.77. The van der Waals surface area contributed by atoms with Crippen LogP contribution in [-0.4, -0.2) is 52.3 Å². The second-order valence-corrected chi connectivity index (χ2v) is 7.20. The van der Waals surface area contributed by atoms with Gasteiger partial charge in [0.05, 0.1) is 31.7 Å². The fraction of sp³-hybridized carbons (Fsp3) is 0.261. The summed E-state index contributed by atoms with van der Waals surface area (Å²) in [5.74, 6) is 1.29. The van der Waals surface area contributed by atoms with E-state index in [4.69, 9.17) is 9.47 Å². The summed E-state index contributed by atoms with van der Waals surface area (Å²) in [5.41, 5.74) is 4.81. The highest BCUT2D eigenvalue weighted by atomic mass is 16.5. The average molecular weight is 416 g/mol. The topological polar surface area (TPSA) is 76.8 Å². The zero-order valence-electron chi connectivity index (χ0n) is 17.4. The molecule has 31 heavy (non-hydrogen) atoms. The maximum Gasteiger partial charge on any atom is 0.213 e. The number of hydrogen-bond donors (Lipinski definition) is 1. The molecule has 1 fully saturated rings. The van der Waals surface area contributed by atoms with E-state index < -0.39 is 0 Å². The van der Waals surface area contributed by atoms with Gasteiger partial charge in [0.1, 0.15) is 0 Å². The van der Waals surface area contributed by atoms with Gasteiger partial charge < -0.3 is 19.7 Å². The van der Waals surface area contributed by atoms with Crippen molar-refractivity contribution in [1.82, 2.24) is 19.4 Å². The molecule has 0 aliphatic carbocycles. The molecule has 4 heterocycles. The number of fused-ring (bicyclic) bond motifs is 1. The number of anilines is 3. The minimum atomic E-state index is 0.572. The number of benzene rings is 1. The van der Waals surface area contributed by atoms with Crippen LogP contribution >= 0.6 is 0 Å². The highest BCUT2D eigenvalue weighted by molar-refractivity contribution is 5.74. The summed E-state index contributed by atoms with van der Waals surface area (Å²) in [6.07, 6.45) is 7.28. The molecule has 0 spiro atoms. The summed E-state index contributed by atoms with van der Waals surface area (Å²) in [4.78, 5) is 15.8. The summed E-state index contributed by atoms with van der Waals surface area (Å²) in [6.45, 7) is 5.91. The van der Waals surface area contributed by atoms with E-state index in [0.717, 1.165) is 48.9 Å². The van der Waals surface area contributed by atoms with Gasteiger partial charge in [-0.2, -0.15) is 0 Å². The lowest BCUT2D eigenvalue weighted by molar-refractivity contribution is 0.122. The van der Waals surface area contributed by atoms with E-state index in [2.05, 4.69) is 49.4 Å². The molecule has 5 rings (SSSR count). The molecule has 0 atom stereocenters. The summed E-state index contributed by atoms with van der Waals surface area (Å²) < 4.78 is 13.0. The number of nitrogens with one attached hydrogen (secondary N) is 1. The third-order valence-corrected chi connectivity index (χ3v) is 5.26. The van der Waals surface area contributed by atoms with Crippen molar-refractivity contribution in [2.45, 2.75) is 6.92 Å². The van der Waals surface area contributed by atoms with Gasteiger partial charge in [-0.15, -0.1) is 0 Å². The van der Waals surface area contributed by atoms with Crippen LogP contribution < -0.4 is 15.0 Å². The molecule has 0 amide bonds. The molecule has 0 bridgehead atoms. The van der Waals surface area contributed by atoms with E-state index in [1.165, 1.54) is 5.69 Å². The van der Waals surface area contributed by atoms with Gasteiger partial charge in [-0.25, -0.2) is 15.0 Å². The second kappa shape index (κ2) is 8.61. The van der Waals surface area contributed by atoms with Gasteiger partial charge in [-0.1, -0.05) is 0 Å². The van der Waals surface area contributed by atoms with Crippen LogP contribution in [0.5, 0.6) is 5.88 Å². The Bertz CT molecular complexity index is 1170. The molecular formula is C23H24N6O2. The van der Waals surface area contributed by atoms with Crippen molar-refractivity contribution in [3.63, 3.8) is 0 Å². The van der Waals surface area contributed by atoms with Crippen LogP contribution in [0.2, 0.25) is 0 Å². The lowest BCUT2D eigenvalue weighted by Gasteiger charge is -2.28. The van der Waals surface area contributed by atoms with Gasteiger partial charge in [0, 0.05) is 54.7 Å². The number of hydrogen-bond acceptors (Lipinski definition) is 7. The quantitative estimate of drug-likeness (QED) is 0.513. The maximum absolute atomic E-state index is 5.54. The van der Waals surface area contributed by atoms with Crippen molar-refractivity contribution in [2.24, 2.45) is 0 Å². The zero-order chi connectivity index (χ0) is 21.0. The first-order valence-electron chi connectivity index (χ1n) is 10.4. The van der Waals surface area contributed by atoms with Crippen LogP contribution in [0, 0.1) is 0 Å². The Labute approximate surface area is 180 Å². The maximum atomic E-state index is 5.54. The smallest absolute Gasteiger partial charge is 0.213 e. The standard InChI is InChI=1S/C23H24N6O2/c1-2-31-21-15-17(7-8-24-21)20-16-26-22(23-25-9-10-29(20)23)27-18-3-5-19(6-4-18)28-11-13-30-14-12-28/h3-10,15-16H,2,11-14H2,1H3,(H,26,27). The molecular weight excluding hydrogens is 392 g/mol. The minimum Gasteiger partial charge on any atom is -0.478 e. The summed E-state index contributed by atoms with van der Waals surface area (Å²) in [5, 5.41) is 3.40. The molecule has 3 aromatic heterocycles. The SMILES string of the molecule is CCOc1cc(-c2cnc(Nc3ccc(N4CCOCC4)cc3)c3nccn23)ccn1. The Hall–Kier alpha value is -3.65. The second-order valence-electron chi connectivity index (χ2n) is 7.20. The fourth-order valence-corrected chi connectivity index (χ4v) is 3.73. The predicted molar refractivity (Wildman–Crippen MR) is 120 cm³/mol. The Kier molecular flexibility index (Phi) is 5.37. The van der Waals surface area contributed by atoms with E-state index in [-0.39, 0.29) is 0 Å². The number of pyridine rings is 1.